The number of aliphatic carboxylic acids is 3. The normalized spacial score (nSPS) is 12.1. The van der Waals surface area contributed by atoms with Gasteiger partial charge < -0.3 is 48.2 Å². The zero-order valence-corrected chi connectivity index (χ0v) is 36.3. The zero-order valence-electron chi connectivity index (χ0n) is 34.8. The fraction of sp³-hybridized carbons (Fsp3) is 0.156. The highest BCUT2D eigenvalue weighted by molar-refractivity contribution is 6.31. The minimum absolute atomic E-state index is 0.00516. The fourth-order valence-electron chi connectivity index (χ4n) is 4.86. The van der Waals surface area contributed by atoms with Crippen molar-refractivity contribution in [3.63, 3.8) is 0 Å². The van der Waals surface area contributed by atoms with Gasteiger partial charge in [0.15, 0.2) is 29.7 Å². The predicted molar refractivity (Wildman–Crippen MR) is 230 cm³/mol. The average molecular weight is 973 g/mol. The van der Waals surface area contributed by atoms with Crippen molar-refractivity contribution in [2.45, 2.75) is 45.3 Å². The number of pyridine rings is 2. The maximum absolute atomic E-state index is 13.5. The van der Waals surface area contributed by atoms with Gasteiger partial charge in [0.05, 0.1) is 10.6 Å². The second kappa shape index (κ2) is 22.9. The van der Waals surface area contributed by atoms with Crippen LogP contribution in [0.1, 0.15) is 26.3 Å². The Morgan fingerprint density at radius 3 is 1.48 bits per heavy atom. The van der Waals surface area contributed by atoms with Crippen molar-refractivity contribution in [1.82, 2.24) is 15.0 Å². The summed E-state index contributed by atoms with van der Waals surface area (Å²) in [4.78, 5) is 43.6. The fourth-order valence-corrected chi connectivity index (χ4v) is 5.17. The Bertz CT molecular complexity index is 2760. The van der Waals surface area contributed by atoms with E-state index in [4.69, 9.17) is 71.4 Å². The lowest BCUT2D eigenvalue weighted by atomic mass is 10.3. The van der Waals surface area contributed by atoms with Crippen molar-refractivity contribution in [2.75, 3.05) is 0 Å². The van der Waals surface area contributed by atoms with Crippen molar-refractivity contribution >= 4 is 52.2 Å². The highest BCUT2D eigenvalue weighted by Gasteiger charge is 2.30. The first kappa shape index (κ1) is 50.2. The molecule has 350 valence electrons. The van der Waals surface area contributed by atoms with Gasteiger partial charge in [-0.1, -0.05) is 23.2 Å². The Morgan fingerprint density at radius 2 is 1.04 bits per heavy atom. The number of rotatable bonds is 15. The number of oxazole rings is 1. The van der Waals surface area contributed by atoms with E-state index in [0.29, 0.717) is 56.8 Å². The van der Waals surface area contributed by atoms with E-state index in [9.17, 15) is 31.9 Å². The van der Waals surface area contributed by atoms with Gasteiger partial charge in [0, 0.05) is 29.5 Å². The topological polar surface area (TPSA) is 219 Å². The highest BCUT2D eigenvalue weighted by atomic mass is 35.5. The van der Waals surface area contributed by atoms with Crippen molar-refractivity contribution in [2.24, 2.45) is 0 Å². The SMILES string of the molecule is CC(Oc1ccc(Oc2ccc(C(F)(F)F)cn2)cc1)C(=O)O.CC(Oc1ccc(Oc2nc3ccc(Cl)cc3o2)cc1)C(=O)O.C[C@H](Oc1ccc(Oc2ncc(Cl)cc2F)cc1)C(=O)O. The van der Waals surface area contributed by atoms with E-state index in [1.54, 1.807) is 42.5 Å². The number of halogens is 6. The van der Waals surface area contributed by atoms with Crippen LogP contribution in [0.15, 0.2) is 126 Å². The molecule has 3 aromatic heterocycles. The summed E-state index contributed by atoms with van der Waals surface area (Å²) in [5.41, 5.74) is 0.304. The van der Waals surface area contributed by atoms with Crippen LogP contribution >= 0.6 is 23.2 Å². The van der Waals surface area contributed by atoms with Crippen LogP contribution in [0.3, 0.4) is 0 Å². The summed E-state index contributed by atoms with van der Waals surface area (Å²) in [5.74, 6) is -1.81. The molecule has 4 aromatic carbocycles. The highest BCUT2D eigenvalue weighted by Crippen LogP contribution is 2.32. The Hall–Kier alpha value is -7.84. The molecule has 7 rings (SSSR count). The van der Waals surface area contributed by atoms with Gasteiger partial charge in [0.25, 0.3) is 5.88 Å². The number of aromatic nitrogens is 3. The van der Waals surface area contributed by atoms with Gasteiger partial charge in [-0.25, -0.2) is 28.7 Å². The van der Waals surface area contributed by atoms with E-state index in [1.165, 1.54) is 75.5 Å². The Balaban J connectivity index is 0.000000188. The van der Waals surface area contributed by atoms with Crippen molar-refractivity contribution < 1.29 is 80.1 Å². The molecular weight excluding hydrogens is 937 g/mol. The number of hydrogen-bond donors (Lipinski definition) is 3. The quantitative estimate of drug-likeness (QED) is 0.0813. The molecule has 7 aromatic rings. The summed E-state index contributed by atoms with van der Waals surface area (Å²) < 4.78 is 87.8. The van der Waals surface area contributed by atoms with Gasteiger partial charge in [0.1, 0.15) is 40.0 Å². The van der Waals surface area contributed by atoms with E-state index < -0.39 is 53.8 Å². The second-order valence-electron chi connectivity index (χ2n) is 13.4. The van der Waals surface area contributed by atoms with Crippen LogP contribution in [-0.4, -0.2) is 66.5 Å². The standard InChI is InChI=1S/C16H12ClNO5.C15H12F3NO4.C14H11ClFNO4/c1-9(15(19)20)21-11-3-5-12(6-4-11)22-16-18-13-7-2-10(17)8-14(13)23-16;1-9(14(20)21)22-11-3-5-12(6-4-11)23-13-7-2-10(8-19-13)15(16,17)18;1-8(14(18)19)20-10-2-4-11(5-3-10)21-13-12(16)6-9(15)7-17-13/h2-9H,1H3,(H,19,20);2-9H,1H3,(H,20,21);2-8H,1H3,(H,18,19)/t;;8-/m..0/s1. The first-order valence-electron chi connectivity index (χ1n) is 19.1. The first-order valence-corrected chi connectivity index (χ1v) is 19.9. The summed E-state index contributed by atoms with van der Waals surface area (Å²) >= 11 is 11.5. The van der Waals surface area contributed by atoms with Crippen LogP contribution in [-0.2, 0) is 20.6 Å². The molecule has 0 fully saturated rings. The number of hydrogen-bond acceptors (Lipinski definition) is 13. The third-order valence-electron chi connectivity index (χ3n) is 8.26. The molecule has 16 nitrogen and oxygen atoms in total. The van der Waals surface area contributed by atoms with Crippen molar-refractivity contribution in [3.05, 3.63) is 143 Å². The maximum Gasteiger partial charge on any atom is 0.417 e. The molecule has 3 atom stereocenters. The summed E-state index contributed by atoms with van der Waals surface area (Å²) in [5, 5.41) is 27.0. The van der Waals surface area contributed by atoms with E-state index in [1.807, 2.05) is 0 Å². The minimum Gasteiger partial charge on any atom is -0.479 e. The smallest absolute Gasteiger partial charge is 0.417 e. The Morgan fingerprint density at radius 1 is 0.582 bits per heavy atom. The number of ether oxygens (including phenoxy) is 6. The molecular formula is C45H35Cl2F4N3O13. The Kier molecular flexibility index (Phi) is 17.1. The van der Waals surface area contributed by atoms with Gasteiger partial charge in [-0.15, -0.1) is 0 Å². The number of alkyl halides is 3. The number of fused-ring (bicyclic) bond motifs is 1. The van der Waals surface area contributed by atoms with E-state index >= 15 is 0 Å². The predicted octanol–water partition coefficient (Wildman–Crippen LogP) is 11.4. The van der Waals surface area contributed by atoms with Crippen LogP contribution in [0.4, 0.5) is 17.6 Å². The third kappa shape index (κ3) is 15.7. The Labute approximate surface area is 386 Å². The lowest BCUT2D eigenvalue weighted by Gasteiger charge is -2.11. The molecule has 67 heavy (non-hydrogen) atoms. The number of benzene rings is 4. The van der Waals surface area contributed by atoms with Crippen LogP contribution < -0.4 is 28.4 Å². The zero-order chi connectivity index (χ0) is 48.8. The first-order chi connectivity index (χ1) is 31.7. The van der Waals surface area contributed by atoms with E-state index in [-0.39, 0.29) is 22.9 Å². The molecule has 0 bridgehead atoms. The molecule has 0 aliphatic rings. The van der Waals surface area contributed by atoms with Gasteiger partial charge in [0.2, 0.25) is 5.88 Å². The molecule has 0 amide bonds. The molecule has 0 radical (unpaired) electrons. The van der Waals surface area contributed by atoms with Crippen molar-refractivity contribution in [3.8, 4) is 52.3 Å². The van der Waals surface area contributed by atoms with Crippen LogP contribution in [0.25, 0.3) is 11.1 Å². The van der Waals surface area contributed by atoms with E-state index in [2.05, 4.69) is 15.0 Å². The van der Waals surface area contributed by atoms with Gasteiger partial charge in [-0.2, -0.15) is 18.2 Å². The molecule has 0 aliphatic heterocycles. The maximum atomic E-state index is 13.5. The minimum atomic E-state index is -4.45. The third-order valence-corrected chi connectivity index (χ3v) is 8.71. The summed E-state index contributed by atoms with van der Waals surface area (Å²) in [6.45, 7) is 4.26. The van der Waals surface area contributed by atoms with Gasteiger partial charge >= 0.3 is 30.2 Å². The van der Waals surface area contributed by atoms with E-state index in [0.717, 1.165) is 18.2 Å². The van der Waals surface area contributed by atoms with Crippen molar-refractivity contribution in [1.29, 1.82) is 0 Å². The van der Waals surface area contributed by atoms with Crippen LogP contribution in [0, 0.1) is 5.82 Å². The largest absolute Gasteiger partial charge is 0.479 e. The average Bonchev–Trinajstić information content (AvgIpc) is 3.68. The van der Waals surface area contributed by atoms with Crippen LogP contribution in [0.2, 0.25) is 10.0 Å². The summed E-state index contributed by atoms with van der Waals surface area (Å²) in [7, 11) is 0. The van der Waals surface area contributed by atoms with Crippen LogP contribution in [0.5, 0.6) is 52.3 Å². The molecule has 0 aliphatic carbocycles. The molecule has 2 unspecified atom stereocenters. The van der Waals surface area contributed by atoms with Gasteiger partial charge in [-0.3, -0.25) is 0 Å². The summed E-state index contributed by atoms with van der Waals surface area (Å²) in [6, 6.07) is 26.7. The molecule has 0 saturated heterocycles. The number of carboxylic acid groups (broad SMARTS) is 3. The number of nitrogens with zero attached hydrogens (tertiary/aromatic N) is 3. The molecule has 0 saturated carbocycles. The molecule has 0 spiro atoms. The molecule has 3 N–H and O–H groups in total. The second-order valence-corrected chi connectivity index (χ2v) is 14.3. The number of carbonyl (C=O) groups is 3. The lowest BCUT2D eigenvalue weighted by molar-refractivity contribution is -0.145. The van der Waals surface area contributed by atoms with Gasteiger partial charge in [-0.05, 0) is 118 Å². The molecule has 3 heterocycles. The summed E-state index contributed by atoms with van der Waals surface area (Å²) in [6.07, 6.45) is -5.30. The monoisotopic (exact) mass is 971 g/mol. The molecule has 22 heteroatoms. The lowest BCUT2D eigenvalue weighted by Crippen LogP contribution is -2.22. The number of carboxylic acids is 3.